The van der Waals surface area contributed by atoms with Crippen LogP contribution in [-0.2, 0) is 4.79 Å². The summed E-state index contributed by atoms with van der Waals surface area (Å²) >= 11 is 3.06. The average Bonchev–Trinajstić information content (AvgIpc) is 3.06. The van der Waals surface area contributed by atoms with Crippen LogP contribution >= 0.6 is 22.7 Å². The molecule has 0 saturated carbocycles. The summed E-state index contributed by atoms with van der Waals surface area (Å²) in [7, 11) is 0. The van der Waals surface area contributed by atoms with Crippen molar-refractivity contribution in [2.75, 3.05) is 0 Å². The summed E-state index contributed by atoms with van der Waals surface area (Å²) < 4.78 is 0. The molecule has 8 heteroatoms. The van der Waals surface area contributed by atoms with E-state index in [9.17, 15) is 9.59 Å². The van der Waals surface area contributed by atoms with E-state index >= 15 is 0 Å². The van der Waals surface area contributed by atoms with E-state index in [0.717, 1.165) is 20.5 Å². The Bertz CT molecular complexity index is 682. The lowest BCUT2D eigenvalue weighted by Crippen LogP contribution is -2.36. The monoisotopic (exact) mass is 352 g/mol. The minimum Gasteiger partial charge on any atom is -0.352 e. The highest BCUT2D eigenvalue weighted by molar-refractivity contribution is 7.11. The number of hydrogen-bond donors (Lipinski definition) is 3. The first kappa shape index (κ1) is 17.4. The smallest absolute Gasteiger partial charge is 0.312 e. The number of thiazole rings is 1. The van der Waals surface area contributed by atoms with Crippen molar-refractivity contribution in [2.24, 2.45) is 5.73 Å². The fourth-order valence-corrected chi connectivity index (χ4v) is 4.09. The zero-order valence-corrected chi connectivity index (χ0v) is 14.9. The van der Waals surface area contributed by atoms with E-state index < -0.39 is 12.1 Å². The highest BCUT2D eigenvalue weighted by atomic mass is 32.1. The highest BCUT2D eigenvalue weighted by Crippen LogP contribution is 2.26. The van der Waals surface area contributed by atoms with Gasteiger partial charge in [0.2, 0.25) is 5.91 Å². The van der Waals surface area contributed by atoms with Crippen molar-refractivity contribution in [3.8, 4) is 0 Å². The van der Waals surface area contributed by atoms with Crippen molar-refractivity contribution >= 4 is 34.6 Å². The van der Waals surface area contributed by atoms with Gasteiger partial charge in [-0.05, 0) is 32.2 Å². The van der Waals surface area contributed by atoms with Crippen LogP contribution in [0.4, 0.5) is 4.79 Å². The maximum absolute atomic E-state index is 12.3. The van der Waals surface area contributed by atoms with Gasteiger partial charge in [-0.1, -0.05) is 6.07 Å². The molecular weight excluding hydrogens is 332 g/mol. The number of aryl methyl sites for hydroxylation is 2. The lowest BCUT2D eigenvalue weighted by atomic mass is 10.1. The van der Waals surface area contributed by atoms with Crippen LogP contribution in [0.25, 0.3) is 0 Å². The van der Waals surface area contributed by atoms with Gasteiger partial charge in [-0.25, -0.2) is 9.78 Å². The Morgan fingerprint density at radius 3 is 2.61 bits per heavy atom. The molecule has 6 nitrogen and oxygen atoms in total. The Morgan fingerprint density at radius 2 is 2.09 bits per heavy atom. The SMILES string of the molecule is Cc1nc(C)c([C@H](C)NC(=O)C[C@H](NC(N)=O)c2cccs2)s1. The van der Waals surface area contributed by atoms with Gasteiger partial charge in [-0.15, -0.1) is 22.7 Å². The normalized spacial score (nSPS) is 13.3. The molecule has 2 rings (SSSR count). The van der Waals surface area contributed by atoms with E-state index in [2.05, 4.69) is 15.6 Å². The molecule has 2 aromatic rings. The Morgan fingerprint density at radius 1 is 1.35 bits per heavy atom. The highest BCUT2D eigenvalue weighted by Gasteiger charge is 2.21. The van der Waals surface area contributed by atoms with Crippen molar-refractivity contribution in [2.45, 2.75) is 39.3 Å². The van der Waals surface area contributed by atoms with Gasteiger partial charge in [0.25, 0.3) is 0 Å². The predicted octanol–water partition coefficient (Wildman–Crippen LogP) is 2.80. The maximum Gasteiger partial charge on any atom is 0.312 e. The number of rotatable bonds is 6. The van der Waals surface area contributed by atoms with Crippen LogP contribution < -0.4 is 16.4 Å². The molecule has 23 heavy (non-hydrogen) atoms. The topological polar surface area (TPSA) is 97.1 Å². The molecule has 0 radical (unpaired) electrons. The lowest BCUT2D eigenvalue weighted by molar-refractivity contribution is -0.122. The summed E-state index contributed by atoms with van der Waals surface area (Å²) in [6, 6.07) is 2.58. The Kier molecular flexibility index (Phi) is 5.73. The third-order valence-corrected chi connectivity index (χ3v) is 5.54. The quantitative estimate of drug-likeness (QED) is 0.745. The summed E-state index contributed by atoms with van der Waals surface area (Å²) in [5.74, 6) is -0.143. The van der Waals surface area contributed by atoms with Crippen LogP contribution in [0.15, 0.2) is 17.5 Å². The summed E-state index contributed by atoms with van der Waals surface area (Å²) in [4.78, 5) is 29.8. The van der Waals surface area contributed by atoms with Crippen molar-refractivity contribution in [1.29, 1.82) is 0 Å². The van der Waals surface area contributed by atoms with Gasteiger partial charge in [0, 0.05) is 9.75 Å². The summed E-state index contributed by atoms with van der Waals surface area (Å²) in [5.41, 5.74) is 6.14. The molecule has 0 fully saturated rings. The molecule has 0 aliphatic rings. The van der Waals surface area contributed by atoms with Crippen LogP contribution in [0.5, 0.6) is 0 Å². The fourth-order valence-electron chi connectivity index (χ4n) is 2.38. The van der Waals surface area contributed by atoms with E-state index in [-0.39, 0.29) is 18.4 Å². The van der Waals surface area contributed by atoms with Crippen LogP contribution in [0.3, 0.4) is 0 Å². The van der Waals surface area contributed by atoms with Crippen molar-refractivity contribution in [3.05, 3.63) is 38.0 Å². The van der Waals surface area contributed by atoms with Crippen molar-refractivity contribution in [1.82, 2.24) is 15.6 Å². The molecule has 0 bridgehead atoms. The Labute approximate surface area is 143 Å². The second-order valence-corrected chi connectivity index (χ2v) is 7.47. The van der Waals surface area contributed by atoms with Crippen LogP contribution in [0, 0.1) is 13.8 Å². The summed E-state index contributed by atoms with van der Waals surface area (Å²) in [5, 5.41) is 8.46. The van der Waals surface area contributed by atoms with E-state index in [1.807, 2.05) is 38.3 Å². The molecule has 0 saturated heterocycles. The molecule has 0 unspecified atom stereocenters. The summed E-state index contributed by atoms with van der Waals surface area (Å²) in [6.45, 7) is 5.81. The number of primary amides is 1. The molecule has 2 atom stereocenters. The van der Waals surface area contributed by atoms with Crippen LogP contribution in [-0.4, -0.2) is 16.9 Å². The number of nitrogens with two attached hydrogens (primary N) is 1. The molecule has 4 N–H and O–H groups in total. The number of amides is 3. The molecule has 3 amide bonds. The number of carbonyl (C=O) groups is 2. The number of thiophene rings is 1. The number of carbonyl (C=O) groups excluding carboxylic acids is 2. The molecular formula is C15H20N4O2S2. The van der Waals surface area contributed by atoms with Gasteiger partial charge in [-0.3, -0.25) is 4.79 Å². The second kappa shape index (κ2) is 7.56. The van der Waals surface area contributed by atoms with Gasteiger partial charge >= 0.3 is 6.03 Å². The number of hydrogen-bond acceptors (Lipinski definition) is 5. The first-order chi connectivity index (χ1) is 10.9. The number of urea groups is 1. The van der Waals surface area contributed by atoms with E-state index in [0.29, 0.717) is 0 Å². The lowest BCUT2D eigenvalue weighted by Gasteiger charge is -2.18. The third kappa shape index (κ3) is 4.77. The van der Waals surface area contributed by atoms with Crippen molar-refractivity contribution < 1.29 is 9.59 Å². The average molecular weight is 352 g/mol. The predicted molar refractivity (Wildman–Crippen MR) is 92.5 cm³/mol. The number of nitrogens with zero attached hydrogens (tertiary/aromatic N) is 1. The number of nitrogens with one attached hydrogen (secondary N) is 2. The van der Waals surface area contributed by atoms with Crippen LogP contribution in [0.2, 0.25) is 0 Å². The standard InChI is InChI=1S/C15H20N4O2S2/c1-8-14(23-10(3)17-8)9(2)18-13(20)7-11(19-15(16)21)12-5-4-6-22-12/h4-6,9,11H,7H2,1-3H3,(H,18,20)(H3,16,19,21)/t9-,11-/m0/s1. The van der Waals surface area contributed by atoms with Crippen molar-refractivity contribution in [3.63, 3.8) is 0 Å². The molecule has 0 aliphatic heterocycles. The third-order valence-electron chi connectivity index (χ3n) is 3.30. The molecule has 2 aromatic heterocycles. The molecule has 0 aromatic carbocycles. The fraction of sp³-hybridized carbons (Fsp3) is 0.400. The van der Waals surface area contributed by atoms with E-state index in [1.54, 1.807) is 11.3 Å². The van der Waals surface area contributed by atoms with Gasteiger partial charge < -0.3 is 16.4 Å². The zero-order valence-electron chi connectivity index (χ0n) is 13.3. The van der Waals surface area contributed by atoms with E-state index in [4.69, 9.17) is 5.73 Å². The zero-order chi connectivity index (χ0) is 17.0. The summed E-state index contributed by atoms with van der Waals surface area (Å²) in [6.07, 6.45) is 0.143. The Hall–Kier alpha value is -1.93. The first-order valence-electron chi connectivity index (χ1n) is 7.19. The number of aromatic nitrogens is 1. The maximum atomic E-state index is 12.3. The van der Waals surface area contributed by atoms with E-state index in [1.165, 1.54) is 11.3 Å². The molecule has 0 spiro atoms. The van der Waals surface area contributed by atoms with Gasteiger partial charge in [0.15, 0.2) is 0 Å². The molecule has 2 heterocycles. The molecule has 124 valence electrons. The van der Waals surface area contributed by atoms with Gasteiger partial charge in [0.05, 0.1) is 29.2 Å². The van der Waals surface area contributed by atoms with Gasteiger partial charge in [-0.2, -0.15) is 0 Å². The van der Waals surface area contributed by atoms with Gasteiger partial charge in [0.1, 0.15) is 0 Å². The second-order valence-electron chi connectivity index (χ2n) is 5.25. The Balaban J connectivity index is 2.01. The largest absolute Gasteiger partial charge is 0.352 e. The van der Waals surface area contributed by atoms with Crippen LogP contribution in [0.1, 0.15) is 45.9 Å². The minimum atomic E-state index is -0.641. The first-order valence-corrected chi connectivity index (χ1v) is 8.89. The minimum absolute atomic E-state index is 0.119. The molecule has 0 aliphatic carbocycles.